The molecule has 44 heavy (non-hydrogen) atoms. The number of carbonyl (C=O) groups excluding carboxylic acids is 1. The SMILES string of the molecule is COC[C@]1(O)CCCC[C@H]1n1cnc(C(=O)N2CCNC[C@H]2CCOc2ncn(-c3ccccc3)n2)c1-c1ccccc1.Cl. The highest BCUT2D eigenvalue weighted by molar-refractivity contribution is 5.98. The molecule has 3 heterocycles. The van der Waals surface area contributed by atoms with Crippen molar-refractivity contribution in [2.45, 2.75) is 49.8 Å². The van der Waals surface area contributed by atoms with E-state index in [2.05, 4.69) is 15.4 Å². The number of hydrogen-bond donors (Lipinski definition) is 2. The van der Waals surface area contributed by atoms with Gasteiger partial charge in [0.05, 0.1) is 37.0 Å². The van der Waals surface area contributed by atoms with Crippen molar-refractivity contribution in [2.75, 3.05) is 40.0 Å². The lowest BCUT2D eigenvalue weighted by molar-refractivity contribution is -0.0893. The van der Waals surface area contributed by atoms with Crippen LogP contribution in [0.5, 0.6) is 6.01 Å². The first-order chi connectivity index (χ1) is 21.1. The molecular formula is C32H40ClN7O4. The van der Waals surface area contributed by atoms with Gasteiger partial charge in [-0.2, -0.15) is 4.98 Å². The minimum Gasteiger partial charge on any atom is -0.462 e. The second-order valence-corrected chi connectivity index (χ2v) is 11.3. The Labute approximate surface area is 263 Å². The highest BCUT2D eigenvalue weighted by atomic mass is 35.5. The quantitative estimate of drug-likeness (QED) is 0.273. The Hall–Kier alpha value is -3.77. The molecule has 0 unspecified atom stereocenters. The van der Waals surface area contributed by atoms with E-state index >= 15 is 0 Å². The minimum atomic E-state index is -1.03. The van der Waals surface area contributed by atoms with Crippen LogP contribution in [-0.4, -0.2) is 91.8 Å². The van der Waals surface area contributed by atoms with Crippen molar-refractivity contribution >= 4 is 18.3 Å². The number of hydrogen-bond acceptors (Lipinski definition) is 8. The summed E-state index contributed by atoms with van der Waals surface area (Å²) in [5.74, 6) is -0.123. The van der Waals surface area contributed by atoms with E-state index in [0.29, 0.717) is 50.8 Å². The third-order valence-electron chi connectivity index (χ3n) is 8.52. The van der Waals surface area contributed by atoms with Gasteiger partial charge in [-0.25, -0.2) is 9.67 Å². The van der Waals surface area contributed by atoms with E-state index in [1.807, 2.05) is 70.1 Å². The number of imidazole rings is 1. The van der Waals surface area contributed by atoms with E-state index in [1.54, 1.807) is 24.4 Å². The molecule has 2 fully saturated rings. The maximum Gasteiger partial charge on any atom is 0.335 e. The Morgan fingerprint density at radius 2 is 1.84 bits per heavy atom. The Balaban J connectivity index is 0.00000384. The molecular weight excluding hydrogens is 582 g/mol. The number of para-hydroxylation sites is 1. The lowest BCUT2D eigenvalue weighted by Crippen LogP contribution is -2.54. The van der Waals surface area contributed by atoms with Crippen LogP contribution in [0.25, 0.3) is 16.9 Å². The number of benzene rings is 2. The topological polar surface area (TPSA) is 120 Å². The molecule has 0 bridgehead atoms. The fraction of sp³-hybridized carbons (Fsp3) is 0.438. The number of nitrogens with one attached hydrogen (secondary N) is 1. The second kappa shape index (κ2) is 14.3. The summed E-state index contributed by atoms with van der Waals surface area (Å²) in [6.07, 6.45) is 7.31. The summed E-state index contributed by atoms with van der Waals surface area (Å²) < 4.78 is 15.0. The standard InChI is InChI=1S/C32H39N7O4.ClH/c1-42-21-32(41)16-9-8-14-27(32)38-22-34-28(29(38)24-10-4-2-5-11-24)30(40)37-18-17-33-20-26(37)15-19-43-31-35-23-39(36-31)25-12-6-3-7-13-25;/h2-7,10-13,22-23,26-27,33,41H,8-9,14-21H2,1H3;1H/t26-,27-,32-;/m1./s1. The molecule has 2 aliphatic rings. The number of halogens is 1. The lowest BCUT2D eigenvalue weighted by Gasteiger charge is -2.41. The van der Waals surface area contributed by atoms with E-state index in [9.17, 15) is 9.90 Å². The molecule has 2 aromatic carbocycles. The Bertz CT molecular complexity index is 1490. The Morgan fingerprint density at radius 3 is 2.61 bits per heavy atom. The monoisotopic (exact) mass is 621 g/mol. The molecule has 1 saturated heterocycles. The molecule has 4 aromatic rings. The first-order valence-corrected chi connectivity index (χ1v) is 15.0. The van der Waals surface area contributed by atoms with Crippen LogP contribution in [0, 0.1) is 0 Å². The van der Waals surface area contributed by atoms with Gasteiger partial charge < -0.3 is 29.4 Å². The predicted octanol–water partition coefficient (Wildman–Crippen LogP) is 3.93. The Kier molecular flexibility index (Phi) is 10.3. The average molecular weight is 622 g/mol. The van der Waals surface area contributed by atoms with Gasteiger partial charge in [0.2, 0.25) is 0 Å². The summed E-state index contributed by atoms with van der Waals surface area (Å²) in [5.41, 5.74) is 1.89. The minimum absolute atomic E-state index is 0. The van der Waals surface area contributed by atoms with Crippen molar-refractivity contribution in [3.8, 4) is 23.0 Å². The van der Waals surface area contributed by atoms with Crippen LogP contribution in [0.2, 0.25) is 0 Å². The largest absolute Gasteiger partial charge is 0.462 e. The summed E-state index contributed by atoms with van der Waals surface area (Å²) in [6, 6.07) is 19.6. The number of rotatable bonds is 10. The molecule has 1 amide bonds. The summed E-state index contributed by atoms with van der Waals surface area (Å²) in [4.78, 5) is 25.1. The van der Waals surface area contributed by atoms with Crippen LogP contribution < -0.4 is 10.1 Å². The van der Waals surface area contributed by atoms with Gasteiger partial charge >= 0.3 is 6.01 Å². The van der Waals surface area contributed by atoms with Crippen LogP contribution in [0.15, 0.2) is 73.3 Å². The van der Waals surface area contributed by atoms with Gasteiger partial charge in [-0.05, 0) is 25.0 Å². The smallest absolute Gasteiger partial charge is 0.335 e. The van der Waals surface area contributed by atoms with Gasteiger partial charge in [-0.15, -0.1) is 17.5 Å². The summed E-state index contributed by atoms with van der Waals surface area (Å²) in [5, 5.41) is 19.5. The van der Waals surface area contributed by atoms with E-state index in [-0.39, 0.29) is 37.0 Å². The lowest BCUT2D eigenvalue weighted by atomic mass is 9.80. The Morgan fingerprint density at radius 1 is 1.07 bits per heavy atom. The molecule has 1 aliphatic heterocycles. The number of piperazine rings is 1. The average Bonchev–Trinajstić information content (AvgIpc) is 3.70. The van der Waals surface area contributed by atoms with Crippen molar-refractivity contribution in [3.05, 3.63) is 79.0 Å². The third-order valence-corrected chi connectivity index (χ3v) is 8.52. The second-order valence-electron chi connectivity index (χ2n) is 11.3. The number of carbonyl (C=O) groups is 1. The van der Waals surface area contributed by atoms with Gasteiger partial charge in [0.1, 0.15) is 11.9 Å². The number of methoxy groups -OCH3 is 1. The van der Waals surface area contributed by atoms with Crippen LogP contribution in [-0.2, 0) is 4.74 Å². The highest BCUT2D eigenvalue weighted by Gasteiger charge is 2.42. The van der Waals surface area contributed by atoms with E-state index in [0.717, 1.165) is 36.2 Å². The van der Waals surface area contributed by atoms with Crippen molar-refractivity contribution in [1.82, 2.24) is 34.5 Å². The number of amides is 1. The number of ether oxygens (including phenoxy) is 2. The molecule has 11 nitrogen and oxygen atoms in total. The zero-order valence-corrected chi connectivity index (χ0v) is 25.7. The molecule has 2 N–H and O–H groups in total. The maximum absolute atomic E-state index is 14.2. The van der Waals surface area contributed by atoms with E-state index in [1.165, 1.54) is 0 Å². The molecule has 1 saturated carbocycles. The summed E-state index contributed by atoms with van der Waals surface area (Å²) in [7, 11) is 1.61. The van der Waals surface area contributed by atoms with Gasteiger partial charge in [-0.1, -0.05) is 61.4 Å². The first-order valence-electron chi connectivity index (χ1n) is 15.0. The first kappa shape index (κ1) is 31.6. The van der Waals surface area contributed by atoms with E-state index in [4.69, 9.17) is 14.5 Å². The van der Waals surface area contributed by atoms with Crippen molar-refractivity contribution in [2.24, 2.45) is 0 Å². The highest BCUT2D eigenvalue weighted by Crippen LogP contribution is 2.41. The molecule has 3 atom stereocenters. The normalized spacial score (nSPS) is 21.9. The summed E-state index contributed by atoms with van der Waals surface area (Å²) >= 11 is 0. The molecule has 0 radical (unpaired) electrons. The molecule has 234 valence electrons. The zero-order chi connectivity index (χ0) is 29.6. The number of nitrogens with zero attached hydrogens (tertiary/aromatic N) is 6. The van der Waals surface area contributed by atoms with Crippen LogP contribution in [0.3, 0.4) is 0 Å². The summed E-state index contributed by atoms with van der Waals surface area (Å²) in [6.45, 7) is 2.50. The van der Waals surface area contributed by atoms with Crippen molar-refractivity contribution in [3.63, 3.8) is 0 Å². The van der Waals surface area contributed by atoms with Crippen molar-refractivity contribution in [1.29, 1.82) is 0 Å². The fourth-order valence-electron chi connectivity index (χ4n) is 6.38. The maximum atomic E-state index is 14.2. The predicted molar refractivity (Wildman–Crippen MR) is 168 cm³/mol. The molecule has 2 aromatic heterocycles. The number of aromatic nitrogens is 5. The molecule has 0 spiro atoms. The van der Waals surface area contributed by atoms with E-state index < -0.39 is 5.60 Å². The van der Waals surface area contributed by atoms with Crippen LogP contribution >= 0.6 is 12.4 Å². The van der Waals surface area contributed by atoms with Gasteiger partial charge in [0, 0.05) is 44.8 Å². The van der Waals surface area contributed by atoms with Gasteiger partial charge in [-0.3, -0.25) is 4.79 Å². The number of aliphatic hydroxyl groups is 1. The third kappa shape index (κ3) is 6.66. The van der Waals surface area contributed by atoms with Gasteiger partial charge in [0.15, 0.2) is 5.69 Å². The van der Waals surface area contributed by atoms with Crippen LogP contribution in [0.1, 0.15) is 48.6 Å². The van der Waals surface area contributed by atoms with Gasteiger partial charge in [0.25, 0.3) is 5.91 Å². The van der Waals surface area contributed by atoms with Crippen LogP contribution in [0.4, 0.5) is 0 Å². The molecule has 12 heteroatoms. The zero-order valence-electron chi connectivity index (χ0n) is 24.9. The fourth-order valence-corrected chi connectivity index (χ4v) is 6.38. The van der Waals surface area contributed by atoms with Crippen molar-refractivity contribution < 1.29 is 19.4 Å². The molecule has 1 aliphatic carbocycles. The molecule has 6 rings (SSSR count).